The number of benzene rings is 4. The van der Waals surface area contributed by atoms with Gasteiger partial charge >= 0.3 is 6.09 Å². The number of aliphatic carboxylic acids is 1. The average molecular weight is 436 g/mol. The highest BCUT2D eigenvalue weighted by Crippen LogP contribution is 2.44. The van der Waals surface area contributed by atoms with Crippen LogP contribution >= 0.6 is 0 Å². The maximum atomic E-state index is 12.5. The van der Waals surface area contributed by atoms with Gasteiger partial charge in [0.05, 0.1) is 12.0 Å². The lowest BCUT2D eigenvalue weighted by molar-refractivity contribution is -0.308. The summed E-state index contributed by atoms with van der Waals surface area (Å²) < 4.78 is 5.49. The predicted octanol–water partition coefficient (Wildman–Crippen LogP) is 4.04. The Morgan fingerprint density at radius 1 is 0.818 bits per heavy atom. The van der Waals surface area contributed by atoms with Gasteiger partial charge in [0.15, 0.2) is 0 Å². The molecule has 0 fully saturated rings. The lowest BCUT2D eigenvalue weighted by Crippen LogP contribution is -2.49. The van der Waals surface area contributed by atoms with E-state index in [0.717, 1.165) is 38.6 Å². The molecule has 0 saturated carbocycles. The minimum Gasteiger partial charge on any atom is -0.548 e. The van der Waals surface area contributed by atoms with E-state index in [2.05, 4.69) is 17.4 Å². The molecule has 1 unspecified atom stereocenters. The van der Waals surface area contributed by atoms with Crippen LogP contribution in [0.25, 0.3) is 21.9 Å². The Kier molecular flexibility index (Phi) is 5.53. The van der Waals surface area contributed by atoms with Crippen molar-refractivity contribution >= 4 is 22.8 Å². The summed E-state index contributed by atoms with van der Waals surface area (Å²) in [5, 5.41) is 16.2. The van der Waals surface area contributed by atoms with Crippen LogP contribution in [0, 0.1) is 0 Å². The Labute approximate surface area is 191 Å². The van der Waals surface area contributed by atoms with Crippen LogP contribution in [0.2, 0.25) is 0 Å². The van der Waals surface area contributed by atoms with E-state index in [-0.39, 0.29) is 18.9 Å². The molecule has 0 aromatic heterocycles. The van der Waals surface area contributed by atoms with E-state index < -0.39 is 18.1 Å². The van der Waals surface area contributed by atoms with Gasteiger partial charge in [-0.2, -0.15) is 0 Å². The molecule has 33 heavy (non-hydrogen) atoms. The maximum absolute atomic E-state index is 12.5. The monoisotopic (exact) mass is 436 g/mol. The number of alkyl carbamates (subject to hydrolysis) is 1. The number of hydrogen-bond acceptors (Lipinski definition) is 4. The van der Waals surface area contributed by atoms with Crippen LogP contribution in [0.5, 0.6) is 0 Å². The first-order chi connectivity index (χ1) is 16.1. The number of carboxylic acids is 1. The van der Waals surface area contributed by atoms with Crippen molar-refractivity contribution in [3.63, 3.8) is 0 Å². The van der Waals surface area contributed by atoms with Gasteiger partial charge in [0.2, 0.25) is 0 Å². The van der Waals surface area contributed by atoms with Gasteiger partial charge in [-0.25, -0.2) is 4.79 Å². The van der Waals surface area contributed by atoms with Crippen molar-refractivity contribution in [2.45, 2.75) is 18.4 Å². The highest BCUT2D eigenvalue weighted by Gasteiger charge is 2.29. The Balaban J connectivity index is 1.27. The molecule has 0 spiro atoms. The van der Waals surface area contributed by atoms with Gasteiger partial charge < -0.3 is 20.0 Å². The number of fused-ring (bicyclic) bond motifs is 4. The van der Waals surface area contributed by atoms with Crippen molar-refractivity contribution in [3.8, 4) is 11.1 Å². The molecular formula is C28H22NO4-. The molecule has 0 radical (unpaired) electrons. The third-order valence-electron chi connectivity index (χ3n) is 6.17. The number of amides is 1. The third-order valence-corrected chi connectivity index (χ3v) is 6.17. The summed E-state index contributed by atoms with van der Waals surface area (Å²) >= 11 is 0. The molecule has 5 rings (SSSR count). The zero-order valence-electron chi connectivity index (χ0n) is 17.9. The fraction of sp³-hybridized carbons (Fsp3) is 0.143. The van der Waals surface area contributed by atoms with Crippen LogP contribution in [0.3, 0.4) is 0 Å². The fourth-order valence-corrected chi connectivity index (χ4v) is 4.58. The Bertz CT molecular complexity index is 1300. The van der Waals surface area contributed by atoms with Crippen molar-refractivity contribution < 1.29 is 19.4 Å². The van der Waals surface area contributed by atoms with Gasteiger partial charge in [-0.3, -0.25) is 0 Å². The molecule has 1 atom stereocenters. The molecule has 0 bridgehead atoms. The molecular weight excluding hydrogens is 414 g/mol. The number of rotatable bonds is 6. The highest BCUT2D eigenvalue weighted by atomic mass is 16.5. The number of nitrogens with one attached hydrogen (secondary N) is 1. The molecule has 0 saturated heterocycles. The van der Waals surface area contributed by atoms with E-state index in [0.29, 0.717) is 0 Å². The van der Waals surface area contributed by atoms with Crippen molar-refractivity contribution in [2.24, 2.45) is 0 Å². The predicted molar refractivity (Wildman–Crippen MR) is 125 cm³/mol. The minimum absolute atomic E-state index is 0.0926. The quantitative estimate of drug-likeness (QED) is 0.495. The average Bonchev–Trinajstić information content (AvgIpc) is 3.16. The molecule has 4 aromatic carbocycles. The smallest absolute Gasteiger partial charge is 0.407 e. The van der Waals surface area contributed by atoms with Gasteiger partial charge in [0, 0.05) is 5.92 Å². The van der Waals surface area contributed by atoms with Gasteiger partial charge in [-0.05, 0) is 45.0 Å². The SMILES string of the molecule is O=C(NC(Cc1ccc2ccccc2c1)C(=O)[O-])OCC1c2ccccc2-c2ccccc21. The number of carboxylic acid groups (broad SMARTS) is 1. The first kappa shape index (κ1) is 20.8. The molecule has 0 aliphatic heterocycles. The van der Waals surface area contributed by atoms with Crippen LogP contribution in [0.1, 0.15) is 22.6 Å². The molecule has 1 aliphatic carbocycles. The van der Waals surface area contributed by atoms with E-state index in [9.17, 15) is 14.7 Å². The van der Waals surface area contributed by atoms with Crippen LogP contribution in [-0.4, -0.2) is 24.7 Å². The van der Waals surface area contributed by atoms with Crippen molar-refractivity contribution in [3.05, 3.63) is 108 Å². The maximum Gasteiger partial charge on any atom is 0.407 e. The van der Waals surface area contributed by atoms with Gasteiger partial charge in [-0.1, -0.05) is 91.0 Å². The Morgan fingerprint density at radius 2 is 1.42 bits per heavy atom. The van der Waals surface area contributed by atoms with Gasteiger partial charge in [0.25, 0.3) is 0 Å². The number of ether oxygens (including phenoxy) is 1. The molecule has 5 nitrogen and oxygen atoms in total. The number of carbonyl (C=O) groups excluding carboxylic acids is 2. The lowest BCUT2D eigenvalue weighted by Gasteiger charge is -2.21. The molecule has 1 aliphatic rings. The van der Waals surface area contributed by atoms with Crippen LogP contribution in [-0.2, 0) is 16.0 Å². The molecule has 0 heterocycles. The van der Waals surface area contributed by atoms with E-state index in [1.165, 1.54) is 0 Å². The van der Waals surface area contributed by atoms with E-state index in [4.69, 9.17) is 4.74 Å². The fourth-order valence-electron chi connectivity index (χ4n) is 4.58. The Morgan fingerprint density at radius 3 is 2.09 bits per heavy atom. The topological polar surface area (TPSA) is 78.5 Å². The second-order valence-electron chi connectivity index (χ2n) is 8.23. The van der Waals surface area contributed by atoms with Crippen molar-refractivity contribution in [2.75, 3.05) is 6.61 Å². The van der Waals surface area contributed by atoms with Crippen molar-refractivity contribution in [1.29, 1.82) is 0 Å². The summed E-state index contributed by atoms with van der Waals surface area (Å²) in [6, 6.07) is 28.4. The zero-order valence-corrected chi connectivity index (χ0v) is 17.9. The largest absolute Gasteiger partial charge is 0.548 e. The first-order valence-corrected chi connectivity index (χ1v) is 10.9. The number of hydrogen-bond donors (Lipinski definition) is 1. The van der Waals surface area contributed by atoms with E-state index in [1.807, 2.05) is 78.9 Å². The number of carbonyl (C=O) groups is 2. The summed E-state index contributed by atoms with van der Waals surface area (Å²) in [5.74, 6) is -1.44. The highest BCUT2D eigenvalue weighted by molar-refractivity contribution is 5.84. The minimum atomic E-state index is -1.35. The van der Waals surface area contributed by atoms with E-state index >= 15 is 0 Å². The third kappa shape index (κ3) is 4.17. The van der Waals surface area contributed by atoms with Gasteiger partial charge in [0.1, 0.15) is 6.61 Å². The van der Waals surface area contributed by atoms with Crippen LogP contribution < -0.4 is 10.4 Å². The lowest BCUT2D eigenvalue weighted by atomic mass is 9.98. The molecule has 4 aromatic rings. The second kappa shape index (κ2) is 8.79. The Hall–Kier alpha value is -4.12. The summed E-state index contributed by atoms with van der Waals surface area (Å²) in [6.45, 7) is 0.121. The first-order valence-electron chi connectivity index (χ1n) is 10.9. The molecule has 5 heteroatoms. The normalized spacial score (nSPS) is 13.2. The summed E-state index contributed by atoms with van der Waals surface area (Å²) in [5.41, 5.74) is 5.25. The molecule has 1 N–H and O–H groups in total. The van der Waals surface area contributed by atoms with Crippen molar-refractivity contribution in [1.82, 2.24) is 5.32 Å². The molecule has 1 amide bonds. The second-order valence-corrected chi connectivity index (χ2v) is 8.23. The van der Waals surface area contributed by atoms with Crippen LogP contribution in [0.15, 0.2) is 91.0 Å². The molecule has 164 valence electrons. The summed E-state index contributed by atoms with van der Waals surface area (Å²) in [7, 11) is 0. The zero-order chi connectivity index (χ0) is 22.8. The standard InChI is InChI=1S/C28H23NO4/c30-27(31)26(16-18-13-14-19-7-1-2-8-20(19)15-18)29-28(32)33-17-25-23-11-5-3-9-21(23)22-10-4-6-12-24(22)25/h1-15,25-26H,16-17H2,(H,29,32)(H,30,31)/p-1. The van der Waals surface area contributed by atoms with E-state index in [1.54, 1.807) is 0 Å². The summed E-state index contributed by atoms with van der Waals surface area (Å²) in [4.78, 5) is 24.2. The van der Waals surface area contributed by atoms with Crippen LogP contribution in [0.4, 0.5) is 4.79 Å². The summed E-state index contributed by atoms with van der Waals surface area (Å²) in [6.07, 6.45) is -0.663. The van der Waals surface area contributed by atoms with Gasteiger partial charge in [-0.15, -0.1) is 0 Å².